The van der Waals surface area contributed by atoms with Crippen molar-refractivity contribution in [2.24, 2.45) is 5.92 Å². The summed E-state index contributed by atoms with van der Waals surface area (Å²) in [5.41, 5.74) is 0. The molecule has 5 nitrogen and oxygen atoms in total. The van der Waals surface area contributed by atoms with Crippen LogP contribution in [0, 0.1) is 5.92 Å². The van der Waals surface area contributed by atoms with E-state index in [1.165, 1.54) is 7.11 Å². The first kappa shape index (κ1) is 14.1. The second-order valence-electron chi connectivity index (χ2n) is 4.95. The number of ether oxygens (including phenoxy) is 2. The van der Waals surface area contributed by atoms with Crippen LogP contribution in [0.15, 0.2) is 16.5 Å². The number of furan rings is 1. The number of nitrogens with one attached hydrogen (secondary N) is 1. The van der Waals surface area contributed by atoms with E-state index in [4.69, 9.17) is 9.15 Å². The summed E-state index contributed by atoms with van der Waals surface area (Å²) < 4.78 is 15.6. The van der Waals surface area contributed by atoms with Gasteiger partial charge in [-0.25, -0.2) is 4.79 Å². The first-order valence-electron chi connectivity index (χ1n) is 6.65. The molecule has 1 N–H and O–H groups in total. The van der Waals surface area contributed by atoms with Crippen molar-refractivity contribution in [2.75, 3.05) is 20.3 Å². The molecule has 5 heteroatoms. The van der Waals surface area contributed by atoms with Gasteiger partial charge in [0.15, 0.2) is 0 Å². The van der Waals surface area contributed by atoms with Gasteiger partial charge in [-0.3, -0.25) is 0 Å². The lowest BCUT2D eigenvalue weighted by Crippen LogP contribution is -2.28. The summed E-state index contributed by atoms with van der Waals surface area (Å²) in [6.45, 7) is 5.85. The Labute approximate surface area is 113 Å². The van der Waals surface area contributed by atoms with Crippen molar-refractivity contribution in [1.29, 1.82) is 0 Å². The molecule has 1 aliphatic heterocycles. The minimum absolute atomic E-state index is 0.0613. The highest BCUT2D eigenvalue weighted by atomic mass is 16.5. The van der Waals surface area contributed by atoms with Crippen molar-refractivity contribution >= 4 is 5.97 Å². The normalized spacial score (nSPS) is 24.4. The number of hydrogen-bond acceptors (Lipinski definition) is 5. The van der Waals surface area contributed by atoms with Crippen LogP contribution in [0.5, 0.6) is 0 Å². The SMILES string of the molecule is COC(=O)c1ccc(C(C)NCC2CCOC2C)o1. The van der Waals surface area contributed by atoms with Gasteiger partial charge in [-0.05, 0) is 38.3 Å². The molecule has 0 saturated carbocycles. The maximum Gasteiger partial charge on any atom is 0.373 e. The van der Waals surface area contributed by atoms with E-state index in [0.717, 1.165) is 25.3 Å². The Morgan fingerprint density at radius 1 is 1.58 bits per heavy atom. The second-order valence-corrected chi connectivity index (χ2v) is 4.95. The average molecular weight is 267 g/mol. The van der Waals surface area contributed by atoms with E-state index in [-0.39, 0.29) is 11.8 Å². The number of esters is 1. The van der Waals surface area contributed by atoms with E-state index in [1.54, 1.807) is 12.1 Å². The van der Waals surface area contributed by atoms with Crippen LogP contribution in [0.25, 0.3) is 0 Å². The number of methoxy groups -OCH3 is 1. The third-order valence-electron chi connectivity index (χ3n) is 3.66. The molecule has 3 unspecified atom stereocenters. The molecule has 1 fully saturated rings. The maximum atomic E-state index is 11.3. The Morgan fingerprint density at radius 2 is 2.37 bits per heavy atom. The highest BCUT2D eigenvalue weighted by Gasteiger charge is 2.25. The first-order chi connectivity index (χ1) is 9.11. The molecule has 0 aliphatic carbocycles. The van der Waals surface area contributed by atoms with Crippen molar-refractivity contribution in [1.82, 2.24) is 5.32 Å². The van der Waals surface area contributed by atoms with E-state index in [9.17, 15) is 4.79 Å². The predicted molar refractivity (Wildman–Crippen MR) is 70.0 cm³/mol. The average Bonchev–Trinajstić information content (AvgIpc) is 3.04. The minimum atomic E-state index is -0.448. The lowest BCUT2D eigenvalue weighted by atomic mass is 10.0. The van der Waals surface area contributed by atoms with Crippen molar-refractivity contribution < 1.29 is 18.7 Å². The van der Waals surface area contributed by atoms with Crippen molar-refractivity contribution in [3.8, 4) is 0 Å². The van der Waals surface area contributed by atoms with Gasteiger partial charge in [0.25, 0.3) is 0 Å². The van der Waals surface area contributed by atoms with Gasteiger partial charge in [-0.2, -0.15) is 0 Å². The van der Waals surface area contributed by atoms with Gasteiger partial charge in [0.1, 0.15) is 5.76 Å². The van der Waals surface area contributed by atoms with Gasteiger partial charge in [0.05, 0.1) is 19.3 Å². The largest absolute Gasteiger partial charge is 0.463 e. The standard InChI is InChI=1S/C14H21NO4/c1-9(15-8-11-6-7-18-10(11)2)12-4-5-13(19-12)14(16)17-3/h4-5,9-11,15H,6-8H2,1-3H3. The van der Waals surface area contributed by atoms with Crippen molar-refractivity contribution in [3.63, 3.8) is 0 Å². The molecule has 2 rings (SSSR count). The van der Waals surface area contributed by atoms with Crippen LogP contribution in [0.1, 0.15) is 42.6 Å². The van der Waals surface area contributed by atoms with Crippen LogP contribution in [-0.4, -0.2) is 32.3 Å². The second kappa shape index (κ2) is 6.21. The van der Waals surface area contributed by atoms with E-state index < -0.39 is 5.97 Å². The van der Waals surface area contributed by atoms with Crippen LogP contribution >= 0.6 is 0 Å². The Bertz CT molecular complexity index is 429. The topological polar surface area (TPSA) is 60.7 Å². The van der Waals surface area contributed by atoms with E-state index in [0.29, 0.717) is 12.0 Å². The molecule has 1 aliphatic rings. The van der Waals surface area contributed by atoms with Gasteiger partial charge < -0.3 is 19.2 Å². The van der Waals surface area contributed by atoms with Crippen molar-refractivity contribution in [3.05, 3.63) is 23.7 Å². The molecular formula is C14H21NO4. The predicted octanol–water partition coefficient (Wildman–Crippen LogP) is 2.14. The number of carbonyl (C=O) groups excluding carboxylic acids is 1. The summed E-state index contributed by atoms with van der Waals surface area (Å²) in [7, 11) is 1.34. The Balaban J connectivity index is 1.87. The van der Waals surface area contributed by atoms with Crippen LogP contribution in [0.2, 0.25) is 0 Å². The summed E-state index contributed by atoms with van der Waals surface area (Å²) in [5.74, 6) is 1.07. The molecule has 1 aromatic heterocycles. The van der Waals surface area contributed by atoms with Gasteiger partial charge in [-0.1, -0.05) is 0 Å². The lowest BCUT2D eigenvalue weighted by molar-refractivity contribution is 0.0562. The fourth-order valence-electron chi connectivity index (χ4n) is 2.27. The summed E-state index contributed by atoms with van der Waals surface area (Å²) in [6.07, 6.45) is 1.40. The third kappa shape index (κ3) is 3.36. The highest BCUT2D eigenvalue weighted by Crippen LogP contribution is 2.22. The summed E-state index contributed by atoms with van der Waals surface area (Å²) in [5, 5.41) is 3.42. The quantitative estimate of drug-likeness (QED) is 0.828. The molecule has 1 aromatic rings. The van der Waals surface area contributed by atoms with Gasteiger partial charge >= 0.3 is 5.97 Å². The smallest absolute Gasteiger partial charge is 0.373 e. The van der Waals surface area contributed by atoms with Crippen molar-refractivity contribution in [2.45, 2.75) is 32.4 Å². The summed E-state index contributed by atoms with van der Waals surface area (Å²) in [4.78, 5) is 11.3. The Kier molecular flexibility index (Phi) is 4.61. The Morgan fingerprint density at radius 3 is 3.00 bits per heavy atom. The van der Waals surface area contributed by atoms with Gasteiger partial charge in [0, 0.05) is 13.2 Å². The molecule has 1 saturated heterocycles. The molecule has 3 atom stereocenters. The fraction of sp³-hybridized carbons (Fsp3) is 0.643. The fourth-order valence-corrected chi connectivity index (χ4v) is 2.27. The lowest BCUT2D eigenvalue weighted by Gasteiger charge is -2.17. The van der Waals surface area contributed by atoms with E-state index in [2.05, 4.69) is 17.0 Å². The zero-order chi connectivity index (χ0) is 13.8. The number of carbonyl (C=O) groups is 1. The third-order valence-corrected chi connectivity index (χ3v) is 3.66. The molecule has 0 spiro atoms. The Hall–Kier alpha value is -1.33. The van der Waals surface area contributed by atoms with E-state index in [1.807, 2.05) is 6.92 Å². The monoisotopic (exact) mass is 267 g/mol. The first-order valence-corrected chi connectivity index (χ1v) is 6.65. The highest BCUT2D eigenvalue weighted by molar-refractivity contribution is 5.86. The van der Waals surface area contributed by atoms with Crippen LogP contribution in [-0.2, 0) is 9.47 Å². The molecule has 106 valence electrons. The molecule has 0 aromatic carbocycles. The number of rotatable bonds is 5. The zero-order valence-electron chi connectivity index (χ0n) is 11.6. The molecule has 19 heavy (non-hydrogen) atoms. The summed E-state index contributed by atoms with van der Waals surface area (Å²) in [6, 6.07) is 3.50. The molecule has 2 heterocycles. The summed E-state index contributed by atoms with van der Waals surface area (Å²) >= 11 is 0. The zero-order valence-corrected chi connectivity index (χ0v) is 11.6. The van der Waals surface area contributed by atoms with Crippen LogP contribution in [0.3, 0.4) is 0 Å². The van der Waals surface area contributed by atoms with Gasteiger partial charge in [-0.15, -0.1) is 0 Å². The van der Waals surface area contributed by atoms with Crippen LogP contribution < -0.4 is 5.32 Å². The molecule has 0 radical (unpaired) electrons. The molecule has 0 bridgehead atoms. The minimum Gasteiger partial charge on any atom is -0.463 e. The van der Waals surface area contributed by atoms with Gasteiger partial charge in [0.2, 0.25) is 5.76 Å². The number of hydrogen-bond donors (Lipinski definition) is 1. The molecular weight excluding hydrogens is 246 g/mol. The molecule has 0 amide bonds. The van der Waals surface area contributed by atoms with E-state index >= 15 is 0 Å². The van der Waals surface area contributed by atoms with Crippen LogP contribution in [0.4, 0.5) is 0 Å². The maximum absolute atomic E-state index is 11.3.